The molecule has 1 atom stereocenters. The van der Waals surface area contributed by atoms with Gasteiger partial charge in [0.05, 0.1) is 26.2 Å². The number of methoxy groups -OCH3 is 2. The second kappa shape index (κ2) is 14.6. The number of nitrogens with zero attached hydrogens (tertiary/aromatic N) is 2. The third kappa shape index (κ3) is 8.93. The van der Waals surface area contributed by atoms with Crippen LogP contribution in [0.5, 0.6) is 11.5 Å². The minimum absolute atomic E-state index is 0.0747. The van der Waals surface area contributed by atoms with Crippen molar-refractivity contribution >= 4 is 27.5 Å². The molecular weight excluding hydrogens is 506 g/mol. The van der Waals surface area contributed by atoms with Crippen molar-refractivity contribution in [3.05, 3.63) is 54.1 Å². The maximum Gasteiger partial charge on any atom is 0.242 e. The van der Waals surface area contributed by atoms with Gasteiger partial charge in [-0.05, 0) is 48.6 Å². The summed E-state index contributed by atoms with van der Waals surface area (Å²) in [5.74, 6) is 0.985. The van der Waals surface area contributed by atoms with Gasteiger partial charge >= 0.3 is 0 Å². The molecule has 2 aromatic rings. The molecule has 2 amide bonds. The van der Waals surface area contributed by atoms with Gasteiger partial charge in [-0.25, -0.2) is 8.42 Å². The highest BCUT2D eigenvalue weighted by Gasteiger charge is 2.29. The average Bonchev–Trinajstić information content (AvgIpc) is 2.89. The molecule has 38 heavy (non-hydrogen) atoms. The molecule has 1 unspecified atom stereocenters. The Morgan fingerprint density at radius 2 is 1.66 bits per heavy atom. The van der Waals surface area contributed by atoms with Crippen LogP contribution in [-0.4, -0.2) is 64.7 Å². The van der Waals surface area contributed by atoms with Gasteiger partial charge in [0.2, 0.25) is 21.8 Å². The smallest absolute Gasteiger partial charge is 0.242 e. The van der Waals surface area contributed by atoms with Gasteiger partial charge in [0, 0.05) is 26.1 Å². The van der Waals surface area contributed by atoms with Gasteiger partial charge in [-0.15, -0.1) is 0 Å². The highest BCUT2D eigenvalue weighted by atomic mass is 32.2. The molecule has 0 radical (unpaired) electrons. The van der Waals surface area contributed by atoms with E-state index in [1.54, 1.807) is 36.3 Å². The van der Waals surface area contributed by atoms with Crippen molar-refractivity contribution in [2.75, 3.05) is 37.9 Å². The fraction of sp³-hybridized carbons (Fsp3) is 0.500. The summed E-state index contributed by atoms with van der Waals surface area (Å²) in [6.45, 7) is 6.76. The lowest BCUT2D eigenvalue weighted by Gasteiger charge is -2.31. The number of anilines is 1. The second-order valence-electron chi connectivity index (χ2n) is 9.54. The van der Waals surface area contributed by atoms with E-state index < -0.39 is 16.1 Å². The first kappa shape index (κ1) is 31.0. The van der Waals surface area contributed by atoms with Gasteiger partial charge in [-0.3, -0.25) is 13.9 Å². The molecule has 0 spiro atoms. The van der Waals surface area contributed by atoms with Gasteiger partial charge in [0.1, 0.15) is 17.5 Å². The molecule has 0 heterocycles. The maximum absolute atomic E-state index is 13.5. The van der Waals surface area contributed by atoms with Crippen molar-refractivity contribution < 1.29 is 27.5 Å². The Labute approximate surface area is 227 Å². The van der Waals surface area contributed by atoms with Crippen LogP contribution < -0.4 is 19.1 Å². The quantitative estimate of drug-likeness (QED) is 0.363. The van der Waals surface area contributed by atoms with Gasteiger partial charge < -0.3 is 19.7 Å². The molecule has 0 aromatic heterocycles. The third-order valence-electron chi connectivity index (χ3n) is 6.09. The van der Waals surface area contributed by atoms with E-state index in [4.69, 9.17) is 9.47 Å². The van der Waals surface area contributed by atoms with Crippen LogP contribution in [0.2, 0.25) is 0 Å². The number of carbonyl (C=O) groups is 2. The topological polar surface area (TPSA) is 105 Å². The fourth-order valence-electron chi connectivity index (χ4n) is 4.09. The largest absolute Gasteiger partial charge is 0.497 e. The van der Waals surface area contributed by atoms with Crippen LogP contribution in [0.1, 0.15) is 45.6 Å². The summed E-state index contributed by atoms with van der Waals surface area (Å²) in [6, 6.07) is 13.6. The highest BCUT2D eigenvalue weighted by Crippen LogP contribution is 2.30. The standard InChI is InChI=1S/C28H41N3O6S/c1-7-24(28(33)29-19-21(2)3)30(20-22-14-16-23(36-4)17-15-22)27(32)13-10-18-31(38(6,34)35)25-11-8-9-12-26(25)37-5/h8-9,11-12,14-17,21,24H,7,10,13,18-20H2,1-6H3,(H,29,33). The Morgan fingerprint density at radius 3 is 2.21 bits per heavy atom. The molecule has 0 bridgehead atoms. The molecule has 0 aliphatic rings. The second-order valence-corrected chi connectivity index (χ2v) is 11.5. The first-order valence-corrected chi connectivity index (χ1v) is 14.7. The number of carbonyl (C=O) groups excluding carboxylic acids is 2. The molecule has 210 valence electrons. The van der Waals surface area contributed by atoms with E-state index in [9.17, 15) is 18.0 Å². The molecule has 0 saturated heterocycles. The Balaban J connectivity index is 2.24. The van der Waals surface area contributed by atoms with Gasteiger partial charge in [0.15, 0.2) is 0 Å². The molecular formula is C28H41N3O6S. The molecule has 0 saturated carbocycles. The number of benzene rings is 2. The normalized spacial score (nSPS) is 12.1. The first-order valence-electron chi connectivity index (χ1n) is 12.8. The third-order valence-corrected chi connectivity index (χ3v) is 7.27. The minimum atomic E-state index is -3.62. The number of para-hydroxylation sites is 2. The van der Waals surface area contributed by atoms with Crippen LogP contribution in [0.3, 0.4) is 0 Å². The molecule has 2 rings (SSSR count). The maximum atomic E-state index is 13.5. The summed E-state index contributed by atoms with van der Waals surface area (Å²) in [6.07, 6.45) is 1.92. The lowest BCUT2D eigenvalue weighted by molar-refractivity contribution is -0.141. The average molecular weight is 548 g/mol. The molecule has 2 aromatic carbocycles. The van der Waals surface area contributed by atoms with Crippen molar-refractivity contribution in [1.82, 2.24) is 10.2 Å². The van der Waals surface area contributed by atoms with E-state index in [0.29, 0.717) is 30.2 Å². The molecule has 0 aliphatic heterocycles. The number of sulfonamides is 1. The number of rotatable bonds is 15. The Morgan fingerprint density at radius 1 is 1.00 bits per heavy atom. The lowest BCUT2D eigenvalue weighted by atomic mass is 10.1. The lowest BCUT2D eigenvalue weighted by Crippen LogP contribution is -2.49. The van der Waals surface area contributed by atoms with Crippen molar-refractivity contribution in [2.45, 2.75) is 52.6 Å². The van der Waals surface area contributed by atoms with Crippen molar-refractivity contribution in [1.29, 1.82) is 0 Å². The Bertz CT molecular complexity index is 1150. The molecule has 0 fully saturated rings. The van der Waals surface area contributed by atoms with Gasteiger partial charge in [0.25, 0.3) is 0 Å². The van der Waals surface area contributed by atoms with E-state index in [2.05, 4.69) is 5.32 Å². The number of nitrogens with one attached hydrogen (secondary N) is 1. The van der Waals surface area contributed by atoms with Crippen molar-refractivity contribution in [3.8, 4) is 11.5 Å². The summed E-state index contributed by atoms with van der Waals surface area (Å²) >= 11 is 0. The Kier molecular flexibility index (Phi) is 11.9. The van der Waals surface area contributed by atoms with Crippen LogP contribution in [-0.2, 0) is 26.2 Å². The van der Waals surface area contributed by atoms with Crippen LogP contribution in [0.25, 0.3) is 0 Å². The van der Waals surface area contributed by atoms with Gasteiger partial charge in [-0.1, -0.05) is 45.0 Å². The van der Waals surface area contributed by atoms with Crippen molar-refractivity contribution in [2.24, 2.45) is 5.92 Å². The predicted octanol–water partition coefficient (Wildman–Crippen LogP) is 3.83. The first-order chi connectivity index (χ1) is 18.0. The van der Waals surface area contributed by atoms with E-state index >= 15 is 0 Å². The zero-order chi connectivity index (χ0) is 28.3. The van der Waals surface area contributed by atoms with E-state index in [0.717, 1.165) is 11.8 Å². The fourth-order valence-corrected chi connectivity index (χ4v) is 5.06. The summed E-state index contributed by atoms with van der Waals surface area (Å²) in [5.41, 5.74) is 1.28. The highest BCUT2D eigenvalue weighted by molar-refractivity contribution is 7.92. The molecule has 0 aliphatic carbocycles. The van der Waals surface area contributed by atoms with E-state index in [1.807, 2.05) is 45.0 Å². The van der Waals surface area contributed by atoms with Gasteiger partial charge in [-0.2, -0.15) is 0 Å². The van der Waals surface area contributed by atoms with Crippen LogP contribution in [0.15, 0.2) is 48.5 Å². The minimum Gasteiger partial charge on any atom is -0.497 e. The summed E-state index contributed by atoms with van der Waals surface area (Å²) in [4.78, 5) is 28.2. The summed E-state index contributed by atoms with van der Waals surface area (Å²) in [7, 11) is -0.555. The summed E-state index contributed by atoms with van der Waals surface area (Å²) < 4.78 is 37.0. The summed E-state index contributed by atoms with van der Waals surface area (Å²) in [5, 5.41) is 2.95. The van der Waals surface area contributed by atoms with E-state index in [-0.39, 0.29) is 43.7 Å². The number of hydrogen-bond donors (Lipinski definition) is 1. The van der Waals surface area contributed by atoms with Crippen molar-refractivity contribution in [3.63, 3.8) is 0 Å². The van der Waals surface area contributed by atoms with Crippen LogP contribution >= 0.6 is 0 Å². The Hall–Kier alpha value is -3.27. The van der Waals surface area contributed by atoms with Crippen LogP contribution in [0.4, 0.5) is 5.69 Å². The predicted molar refractivity (Wildman–Crippen MR) is 150 cm³/mol. The zero-order valence-corrected chi connectivity index (χ0v) is 24.1. The molecule has 1 N–H and O–H groups in total. The van der Waals surface area contributed by atoms with Crippen LogP contribution in [0, 0.1) is 5.92 Å². The molecule has 10 heteroatoms. The number of amides is 2. The molecule has 9 nitrogen and oxygen atoms in total. The number of ether oxygens (including phenoxy) is 2. The number of hydrogen-bond acceptors (Lipinski definition) is 6. The zero-order valence-electron chi connectivity index (χ0n) is 23.3. The SMILES string of the molecule is CCC(C(=O)NCC(C)C)N(Cc1ccc(OC)cc1)C(=O)CCCN(c1ccccc1OC)S(C)(=O)=O. The monoisotopic (exact) mass is 547 g/mol. The van der Waals surface area contributed by atoms with E-state index in [1.165, 1.54) is 11.4 Å².